The molecule has 2 unspecified atom stereocenters. The third-order valence-corrected chi connectivity index (χ3v) is 8.20. The van der Waals surface area contributed by atoms with Crippen LogP contribution < -0.4 is 16.2 Å². The molecular weight excluding hydrogens is 534 g/mol. The smallest absolute Gasteiger partial charge is 0.400 e. The molecule has 1 fully saturated rings. The van der Waals surface area contributed by atoms with Crippen molar-refractivity contribution in [2.45, 2.75) is 64.9 Å². The summed E-state index contributed by atoms with van der Waals surface area (Å²) in [6, 6.07) is 21.7. The van der Waals surface area contributed by atoms with Gasteiger partial charge in [0.25, 0.3) is 0 Å². The summed E-state index contributed by atoms with van der Waals surface area (Å²) in [6.45, 7) is 4.25. The lowest BCUT2D eigenvalue weighted by atomic mass is 9.77. The number of anilines is 2. The number of rotatable bonds is 12. The molecule has 0 aliphatic heterocycles. The lowest BCUT2D eigenvalue weighted by molar-refractivity contribution is -0.234. The van der Waals surface area contributed by atoms with Gasteiger partial charge >= 0.3 is 12.1 Å². The van der Waals surface area contributed by atoms with E-state index in [4.69, 9.17) is 20.9 Å². The van der Waals surface area contributed by atoms with E-state index in [0.717, 1.165) is 36.8 Å². The first-order valence-corrected chi connectivity index (χ1v) is 14.8. The van der Waals surface area contributed by atoms with E-state index >= 15 is 0 Å². The Morgan fingerprint density at radius 1 is 0.881 bits per heavy atom. The standard InChI is InChI=1S/C35H42F2N2O3/c1-3-28-6-4-5-7-32(28)35(36,37)42-31-19-12-25(13-20-31)14-21-33(40)41-24-34(2,22-26-8-15-29(38)16-9-26)23-27-10-17-30(39)18-11-27/h8-21,28,32H,3-7,22-24,38-39H2,1-2H3/b21-14+. The maximum absolute atomic E-state index is 15.0. The first-order chi connectivity index (χ1) is 20.0. The van der Waals surface area contributed by atoms with Crippen LogP contribution in [0.2, 0.25) is 0 Å². The van der Waals surface area contributed by atoms with Crippen molar-refractivity contribution in [1.82, 2.24) is 0 Å². The number of hydrogen-bond acceptors (Lipinski definition) is 5. The first-order valence-electron chi connectivity index (χ1n) is 14.8. The normalized spacial score (nSPS) is 17.7. The quantitative estimate of drug-likeness (QED) is 0.129. The van der Waals surface area contributed by atoms with Gasteiger partial charge in [-0.3, -0.25) is 0 Å². The van der Waals surface area contributed by atoms with Crippen LogP contribution in [0.5, 0.6) is 5.75 Å². The number of nitrogens with two attached hydrogens (primary N) is 2. The summed E-state index contributed by atoms with van der Waals surface area (Å²) in [4.78, 5) is 12.7. The van der Waals surface area contributed by atoms with Crippen molar-refractivity contribution in [3.05, 3.63) is 95.6 Å². The monoisotopic (exact) mass is 576 g/mol. The van der Waals surface area contributed by atoms with E-state index in [0.29, 0.717) is 36.2 Å². The zero-order chi connectivity index (χ0) is 30.2. The molecule has 2 atom stereocenters. The number of alkyl halides is 2. The Balaban J connectivity index is 1.36. The molecule has 224 valence electrons. The highest BCUT2D eigenvalue weighted by Crippen LogP contribution is 2.43. The molecule has 0 heterocycles. The van der Waals surface area contributed by atoms with Crippen LogP contribution in [0.15, 0.2) is 78.9 Å². The minimum absolute atomic E-state index is 0.0261. The van der Waals surface area contributed by atoms with Crippen molar-refractivity contribution in [3.63, 3.8) is 0 Å². The number of nitrogen functional groups attached to an aromatic ring is 2. The fraction of sp³-hybridized carbons (Fsp3) is 0.400. The Bertz CT molecular complexity index is 1270. The minimum atomic E-state index is -3.21. The highest BCUT2D eigenvalue weighted by Gasteiger charge is 2.46. The maximum Gasteiger partial charge on any atom is 0.400 e. The van der Waals surface area contributed by atoms with Gasteiger partial charge in [0.15, 0.2) is 0 Å². The van der Waals surface area contributed by atoms with Crippen molar-refractivity contribution >= 4 is 23.4 Å². The van der Waals surface area contributed by atoms with Crippen LogP contribution in [0.25, 0.3) is 6.08 Å². The second-order valence-electron chi connectivity index (χ2n) is 11.9. The Kier molecular flexibility index (Phi) is 10.3. The Labute approximate surface area is 247 Å². The zero-order valence-corrected chi connectivity index (χ0v) is 24.5. The third-order valence-electron chi connectivity index (χ3n) is 8.20. The van der Waals surface area contributed by atoms with Gasteiger partial charge in [-0.25, -0.2) is 4.79 Å². The molecule has 7 heteroatoms. The highest BCUT2D eigenvalue weighted by molar-refractivity contribution is 5.87. The summed E-state index contributed by atoms with van der Waals surface area (Å²) in [5.74, 6) is -1.16. The van der Waals surface area contributed by atoms with Crippen molar-refractivity contribution in [2.75, 3.05) is 18.1 Å². The second kappa shape index (κ2) is 13.9. The predicted octanol–water partition coefficient (Wildman–Crippen LogP) is 8.09. The van der Waals surface area contributed by atoms with Crippen LogP contribution in [-0.2, 0) is 22.4 Å². The molecule has 0 radical (unpaired) electrons. The van der Waals surface area contributed by atoms with E-state index in [1.165, 1.54) is 18.2 Å². The molecule has 42 heavy (non-hydrogen) atoms. The molecular formula is C35H42F2N2O3. The summed E-state index contributed by atoms with van der Waals surface area (Å²) in [5, 5.41) is 0. The first kappa shape index (κ1) is 31.1. The van der Waals surface area contributed by atoms with E-state index in [2.05, 4.69) is 6.92 Å². The van der Waals surface area contributed by atoms with E-state index < -0.39 is 18.0 Å². The van der Waals surface area contributed by atoms with E-state index in [1.807, 2.05) is 55.5 Å². The highest BCUT2D eigenvalue weighted by atomic mass is 19.3. The fourth-order valence-corrected chi connectivity index (χ4v) is 5.90. The van der Waals surface area contributed by atoms with Crippen molar-refractivity contribution in [2.24, 2.45) is 17.3 Å². The molecule has 0 saturated heterocycles. The molecule has 3 aromatic rings. The minimum Gasteiger partial charge on any atom is -0.462 e. The number of benzene rings is 3. The molecule has 1 aliphatic rings. The molecule has 0 amide bonds. The third kappa shape index (κ3) is 8.81. The SMILES string of the molecule is CCC1CCCCC1C(F)(F)Oc1ccc(/C=C/C(=O)OCC(C)(Cc2ccc(N)cc2)Cc2ccc(N)cc2)cc1. The van der Waals surface area contributed by atoms with E-state index in [9.17, 15) is 13.6 Å². The van der Waals surface area contributed by atoms with Gasteiger partial charge in [-0.2, -0.15) is 8.78 Å². The molecule has 5 nitrogen and oxygen atoms in total. The van der Waals surface area contributed by atoms with Crippen LogP contribution in [0.1, 0.15) is 62.6 Å². The van der Waals surface area contributed by atoms with Crippen molar-refractivity contribution in [1.29, 1.82) is 0 Å². The van der Waals surface area contributed by atoms with Crippen LogP contribution in [0.3, 0.4) is 0 Å². The van der Waals surface area contributed by atoms with Crippen molar-refractivity contribution < 1.29 is 23.0 Å². The summed E-state index contributed by atoms with van der Waals surface area (Å²) >= 11 is 0. The number of esters is 1. The average molecular weight is 577 g/mol. The van der Waals surface area contributed by atoms with Crippen LogP contribution >= 0.6 is 0 Å². The Hall–Kier alpha value is -3.87. The number of carbonyl (C=O) groups excluding carboxylic acids is 1. The van der Waals surface area contributed by atoms with Gasteiger partial charge in [0.1, 0.15) is 5.75 Å². The summed E-state index contributed by atoms with van der Waals surface area (Å²) in [6.07, 6.45) is 4.94. The van der Waals surface area contributed by atoms with Crippen LogP contribution in [-0.4, -0.2) is 18.7 Å². The molecule has 1 aliphatic carbocycles. The van der Waals surface area contributed by atoms with Gasteiger partial charge in [0.05, 0.1) is 12.5 Å². The molecule has 0 bridgehead atoms. The Morgan fingerprint density at radius 2 is 1.43 bits per heavy atom. The van der Waals surface area contributed by atoms with Gasteiger partial charge in [-0.15, -0.1) is 0 Å². The summed E-state index contributed by atoms with van der Waals surface area (Å²) in [5.41, 5.74) is 15.6. The maximum atomic E-state index is 15.0. The van der Waals surface area contributed by atoms with Gasteiger partial charge in [0.2, 0.25) is 0 Å². The van der Waals surface area contributed by atoms with E-state index in [-0.39, 0.29) is 23.7 Å². The second-order valence-corrected chi connectivity index (χ2v) is 11.9. The van der Waals surface area contributed by atoms with Gasteiger partial charge in [0, 0.05) is 22.9 Å². The predicted molar refractivity (Wildman–Crippen MR) is 165 cm³/mol. The largest absolute Gasteiger partial charge is 0.462 e. The van der Waals surface area contributed by atoms with Gasteiger partial charge < -0.3 is 20.9 Å². The molecule has 3 aromatic carbocycles. The molecule has 0 aromatic heterocycles. The number of ether oxygens (including phenoxy) is 2. The number of carbonyl (C=O) groups is 1. The lowest BCUT2D eigenvalue weighted by Crippen LogP contribution is -2.40. The summed E-state index contributed by atoms with van der Waals surface area (Å²) in [7, 11) is 0. The van der Waals surface area contributed by atoms with Gasteiger partial charge in [-0.05, 0) is 90.8 Å². The molecule has 4 rings (SSSR count). The van der Waals surface area contributed by atoms with Crippen molar-refractivity contribution in [3.8, 4) is 5.75 Å². The topological polar surface area (TPSA) is 87.6 Å². The average Bonchev–Trinajstić information content (AvgIpc) is 2.98. The fourth-order valence-electron chi connectivity index (χ4n) is 5.90. The van der Waals surface area contributed by atoms with Gasteiger partial charge in [-0.1, -0.05) is 69.5 Å². The summed E-state index contributed by atoms with van der Waals surface area (Å²) < 4.78 is 40.8. The number of halogens is 2. The zero-order valence-electron chi connectivity index (χ0n) is 24.5. The molecule has 1 saturated carbocycles. The van der Waals surface area contributed by atoms with E-state index in [1.54, 1.807) is 18.2 Å². The number of hydrogen-bond donors (Lipinski definition) is 2. The van der Waals surface area contributed by atoms with Crippen LogP contribution in [0, 0.1) is 17.3 Å². The molecule has 0 spiro atoms. The van der Waals surface area contributed by atoms with Crippen LogP contribution in [0.4, 0.5) is 20.2 Å². The Morgan fingerprint density at radius 3 is 1.98 bits per heavy atom. The lowest BCUT2D eigenvalue weighted by Gasteiger charge is -2.35. The molecule has 4 N–H and O–H groups in total.